The van der Waals surface area contributed by atoms with Crippen molar-refractivity contribution in [3.8, 4) is 11.4 Å². The van der Waals surface area contributed by atoms with Crippen LogP contribution in [0.2, 0.25) is 0 Å². The van der Waals surface area contributed by atoms with Crippen molar-refractivity contribution in [3.05, 3.63) is 36.3 Å². The number of rotatable bonds is 4. The van der Waals surface area contributed by atoms with Crippen molar-refractivity contribution in [1.29, 1.82) is 0 Å². The number of likely N-dealkylation sites (N-methyl/N-ethyl adjacent to an activating group) is 1. The van der Waals surface area contributed by atoms with Crippen LogP contribution in [0, 0.1) is 0 Å². The van der Waals surface area contributed by atoms with Crippen molar-refractivity contribution >= 4 is 5.82 Å². The monoisotopic (exact) mass is 284 g/mol. The van der Waals surface area contributed by atoms with Crippen molar-refractivity contribution in [3.63, 3.8) is 0 Å². The Kier molecular flexibility index (Phi) is 4.08. The summed E-state index contributed by atoms with van der Waals surface area (Å²) in [5.74, 6) is 1.70. The smallest absolute Gasteiger partial charge is 0.161 e. The number of anilines is 1. The topological polar surface area (TPSA) is 80.0 Å². The molecule has 0 aliphatic carbocycles. The molecule has 2 aromatic rings. The molecule has 2 aromatic heterocycles. The van der Waals surface area contributed by atoms with Gasteiger partial charge in [0.25, 0.3) is 0 Å². The quantitative estimate of drug-likeness (QED) is 0.864. The number of nitrogens with zero attached hydrogens (tertiary/aromatic N) is 4. The van der Waals surface area contributed by atoms with E-state index in [1.807, 2.05) is 31.4 Å². The van der Waals surface area contributed by atoms with Crippen LogP contribution in [-0.4, -0.2) is 41.1 Å². The molecule has 1 saturated heterocycles. The van der Waals surface area contributed by atoms with Crippen molar-refractivity contribution < 1.29 is 0 Å². The van der Waals surface area contributed by atoms with Crippen molar-refractivity contribution in [1.82, 2.24) is 20.3 Å². The average Bonchev–Trinajstić information content (AvgIpc) is 3.04. The van der Waals surface area contributed by atoms with E-state index in [0.717, 1.165) is 42.4 Å². The van der Waals surface area contributed by atoms with E-state index >= 15 is 0 Å². The molecular weight excluding hydrogens is 264 g/mol. The molecule has 3 N–H and O–H groups in total. The summed E-state index contributed by atoms with van der Waals surface area (Å²) in [6.07, 6.45) is 4.70. The lowest BCUT2D eigenvalue weighted by atomic mass is 10.2. The molecule has 6 nitrogen and oxygen atoms in total. The van der Waals surface area contributed by atoms with E-state index in [9.17, 15) is 0 Å². The summed E-state index contributed by atoms with van der Waals surface area (Å²) < 4.78 is 0. The van der Waals surface area contributed by atoms with E-state index < -0.39 is 0 Å². The highest BCUT2D eigenvalue weighted by atomic mass is 15.2. The molecule has 6 heteroatoms. The van der Waals surface area contributed by atoms with Gasteiger partial charge in [-0.2, -0.15) is 0 Å². The van der Waals surface area contributed by atoms with Gasteiger partial charge in [0, 0.05) is 43.6 Å². The highest BCUT2D eigenvalue weighted by Gasteiger charge is 2.22. The van der Waals surface area contributed by atoms with Crippen LogP contribution >= 0.6 is 0 Å². The van der Waals surface area contributed by atoms with Crippen molar-refractivity contribution in [2.45, 2.75) is 19.0 Å². The van der Waals surface area contributed by atoms with Gasteiger partial charge in [-0.1, -0.05) is 0 Å². The van der Waals surface area contributed by atoms with E-state index in [-0.39, 0.29) is 0 Å². The first-order chi connectivity index (χ1) is 10.3. The van der Waals surface area contributed by atoms with Crippen LogP contribution in [0.4, 0.5) is 5.82 Å². The van der Waals surface area contributed by atoms with E-state index in [2.05, 4.69) is 25.2 Å². The number of pyridine rings is 1. The molecule has 3 rings (SSSR count). The van der Waals surface area contributed by atoms with Crippen LogP contribution < -0.4 is 16.0 Å². The lowest BCUT2D eigenvalue weighted by Crippen LogP contribution is -2.29. The van der Waals surface area contributed by atoms with E-state index in [1.54, 1.807) is 6.20 Å². The summed E-state index contributed by atoms with van der Waals surface area (Å²) in [6.45, 7) is 2.42. The molecular formula is C15H20N6. The molecule has 1 fully saturated rings. The fourth-order valence-corrected chi connectivity index (χ4v) is 2.60. The summed E-state index contributed by atoms with van der Waals surface area (Å²) in [7, 11) is 2.00. The van der Waals surface area contributed by atoms with Gasteiger partial charge in [0.2, 0.25) is 0 Å². The molecule has 3 heterocycles. The van der Waals surface area contributed by atoms with Gasteiger partial charge in [0.15, 0.2) is 5.82 Å². The Bertz CT molecular complexity index is 615. The number of aromatic nitrogens is 3. The summed E-state index contributed by atoms with van der Waals surface area (Å²) >= 11 is 0. The van der Waals surface area contributed by atoms with Crippen LogP contribution in [0.5, 0.6) is 0 Å². The summed E-state index contributed by atoms with van der Waals surface area (Å²) in [6, 6.07) is 6.36. The molecule has 21 heavy (non-hydrogen) atoms. The zero-order valence-electron chi connectivity index (χ0n) is 12.2. The molecule has 1 aliphatic heterocycles. The molecule has 1 atom stereocenters. The molecule has 0 amide bonds. The normalized spacial score (nSPS) is 18.2. The highest BCUT2D eigenvalue weighted by molar-refractivity contribution is 5.57. The van der Waals surface area contributed by atoms with Gasteiger partial charge in [0.05, 0.1) is 5.69 Å². The Morgan fingerprint density at radius 1 is 1.33 bits per heavy atom. The number of hydrogen-bond acceptors (Lipinski definition) is 6. The first kappa shape index (κ1) is 13.9. The standard InChI is InChI=1S/C15H20N6/c1-17-12-4-7-21(10-12)14-3-6-19-15(20-14)11-2-5-18-13(8-11)9-16/h2-3,5-6,8,12,17H,4,7,9-10,16H2,1H3. The molecule has 0 saturated carbocycles. The second-order valence-electron chi connectivity index (χ2n) is 5.20. The van der Waals surface area contributed by atoms with E-state index in [0.29, 0.717) is 12.6 Å². The minimum atomic E-state index is 0.420. The van der Waals surface area contributed by atoms with Gasteiger partial charge in [-0.25, -0.2) is 9.97 Å². The van der Waals surface area contributed by atoms with Gasteiger partial charge < -0.3 is 16.0 Å². The third-order valence-electron chi connectivity index (χ3n) is 3.85. The summed E-state index contributed by atoms with van der Waals surface area (Å²) in [4.78, 5) is 15.6. The third-order valence-corrected chi connectivity index (χ3v) is 3.85. The van der Waals surface area contributed by atoms with Crippen LogP contribution in [0.15, 0.2) is 30.6 Å². The SMILES string of the molecule is CNC1CCN(c2ccnc(-c3ccnc(CN)c3)n2)C1. The maximum atomic E-state index is 5.64. The molecule has 0 aromatic carbocycles. The third kappa shape index (κ3) is 3.01. The molecule has 0 spiro atoms. The fourth-order valence-electron chi connectivity index (χ4n) is 2.60. The number of nitrogens with one attached hydrogen (secondary N) is 1. The van der Waals surface area contributed by atoms with Gasteiger partial charge >= 0.3 is 0 Å². The van der Waals surface area contributed by atoms with Crippen LogP contribution in [-0.2, 0) is 6.54 Å². The first-order valence-corrected chi connectivity index (χ1v) is 7.21. The largest absolute Gasteiger partial charge is 0.355 e. The van der Waals surface area contributed by atoms with Crippen molar-refractivity contribution in [2.24, 2.45) is 5.73 Å². The molecule has 110 valence electrons. The Hall–Kier alpha value is -2.05. The Balaban J connectivity index is 1.86. The van der Waals surface area contributed by atoms with Gasteiger partial charge in [-0.3, -0.25) is 4.98 Å². The Morgan fingerprint density at radius 3 is 2.95 bits per heavy atom. The first-order valence-electron chi connectivity index (χ1n) is 7.21. The highest BCUT2D eigenvalue weighted by Crippen LogP contribution is 2.21. The van der Waals surface area contributed by atoms with Crippen LogP contribution in [0.1, 0.15) is 12.1 Å². The van der Waals surface area contributed by atoms with Crippen molar-refractivity contribution in [2.75, 3.05) is 25.0 Å². The minimum absolute atomic E-state index is 0.420. The predicted molar refractivity (Wildman–Crippen MR) is 82.8 cm³/mol. The molecule has 0 bridgehead atoms. The van der Waals surface area contributed by atoms with Crippen LogP contribution in [0.3, 0.4) is 0 Å². The second kappa shape index (κ2) is 6.15. The predicted octanol–water partition coefficient (Wildman–Crippen LogP) is 0.795. The lowest BCUT2D eigenvalue weighted by molar-refractivity contribution is 0.616. The van der Waals surface area contributed by atoms with Gasteiger partial charge in [-0.15, -0.1) is 0 Å². The minimum Gasteiger partial charge on any atom is -0.355 e. The van der Waals surface area contributed by atoms with Gasteiger partial charge in [0.1, 0.15) is 5.82 Å². The summed E-state index contributed by atoms with van der Waals surface area (Å²) in [5, 5.41) is 3.32. The van der Waals surface area contributed by atoms with Crippen LogP contribution in [0.25, 0.3) is 11.4 Å². The molecule has 0 radical (unpaired) electrons. The number of hydrogen-bond donors (Lipinski definition) is 2. The maximum absolute atomic E-state index is 5.64. The Labute approximate surface area is 124 Å². The second-order valence-corrected chi connectivity index (χ2v) is 5.20. The van der Waals surface area contributed by atoms with E-state index in [4.69, 9.17) is 5.73 Å². The Morgan fingerprint density at radius 2 is 2.19 bits per heavy atom. The molecule has 1 aliphatic rings. The average molecular weight is 284 g/mol. The van der Waals surface area contributed by atoms with E-state index in [1.165, 1.54) is 0 Å². The zero-order chi connectivity index (χ0) is 14.7. The molecule has 1 unspecified atom stereocenters. The number of nitrogens with two attached hydrogens (primary N) is 1. The summed E-state index contributed by atoms with van der Waals surface area (Å²) in [5.41, 5.74) is 7.44. The fraction of sp³-hybridized carbons (Fsp3) is 0.400. The maximum Gasteiger partial charge on any atom is 0.161 e. The zero-order valence-corrected chi connectivity index (χ0v) is 12.2. The lowest BCUT2D eigenvalue weighted by Gasteiger charge is -2.17. The van der Waals surface area contributed by atoms with Gasteiger partial charge in [-0.05, 0) is 31.7 Å².